The van der Waals surface area contributed by atoms with Crippen molar-refractivity contribution in [3.63, 3.8) is 0 Å². The summed E-state index contributed by atoms with van der Waals surface area (Å²) in [7, 11) is 0. The van der Waals surface area contributed by atoms with Crippen molar-refractivity contribution in [2.24, 2.45) is 23.2 Å². The molecule has 4 nitrogen and oxygen atoms in total. The van der Waals surface area contributed by atoms with Gasteiger partial charge in [-0.2, -0.15) is 0 Å². The van der Waals surface area contributed by atoms with E-state index < -0.39 is 5.91 Å². The van der Waals surface area contributed by atoms with Crippen molar-refractivity contribution in [2.75, 3.05) is 13.1 Å². The largest absolute Gasteiger partial charge is 0.298 e. The zero-order valence-electron chi connectivity index (χ0n) is 17.0. The Hall–Kier alpha value is -1.72. The van der Waals surface area contributed by atoms with E-state index in [-0.39, 0.29) is 16.8 Å². The van der Waals surface area contributed by atoms with E-state index in [1.165, 1.54) is 6.07 Å². The number of hydroxylamine groups is 1. The molecule has 1 amide bonds. The molecule has 1 fully saturated rings. The SMILES string of the molecule is CC.CC1C=C2C(C)C(C)(CN3CCc4c(F)cc(C(=O)NO)cc4C3)C21. The average Bonchev–Trinajstić information content (AvgIpc) is 2.65. The molecule has 0 spiro atoms. The third kappa shape index (κ3) is 3.11. The van der Waals surface area contributed by atoms with E-state index in [1.807, 2.05) is 13.8 Å². The minimum Gasteiger partial charge on any atom is -0.298 e. The van der Waals surface area contributed by atoms with Crippen LogP contribution in [0.2, 0.25) is 0 Å². The minimum atomic E-state index is -0.670. The van der Waals surface area contributed by atoms with Gasteiger partial charge < -0.3 is 0 Å². The quantitative estimate of drug-likeness (QED) is 0.474. The maximum Gasteiger partial charge on any atom is 0.274 e. The van der Waals surface area contributed by atoms with Gasteiger partial charge in [-0.3, -0.25) is 14.9 Å². The number of carbonyl (C=O) groups excluding carboxylic acids is 1. The van der Waals surface area contributed by atoms with Crippen LogP contribution in [0.4, 0.5) is 4.39 Å². The Kier molecular flexibility index (Phi) is 5.46. The van der Waals surface area contributed by atoms with E-state index in [1.54, 1.807) is 17.1 Å². The molecule has 1 aromatic carbocycles. The maximum atomic E-state index is 14.3. The van der Waals surface area contributed by atoms with Gasteiger partial charge in [0, 0.05) is 25.2 Å². The monoisotopic (exact) mass is 374 g/mol. The molecule has 4 rings (SSSR count). The summed E-state index contributed by atoms with van der Waals surface area (Å²) in [5, 5.41) is 8.80. The van der Waals surface area contributed by atoms with Gasteiger partial charge in [0.05, 0.1) is 0 Å². The lowest BCUT2D eigenvalue weighted by Gasteiger charge is -2.64. The number of carbonyl (C=O) groups is 1. The number of amides is 1. The molecule has 0 radical (unpaired) electrons. The Bertz CT molecular complexity index is 776. The minimum absolute atomic E-state index is 0.168. The first-order valence-corrected chi connectivity index (χ1v) is 10.0. The summed E-state index contributed by atoms with van der Waals surface area (Å²) in [5.74, 6) is 0.935. The fourth-order valence-electron chi connectivity index (χ4n) is 5.39. The third-order valence-electron chi connectivity index (χ3n) is 6.83. The highest BCUT2D eigenvalue weighted by atomic mass is 19.1. The summed E-state index contributed by atoms with van der Waals surface area (Å²) in [6.45, 7) is 13.5. The smallest absolute Gasteiger partial charge is 0.274 e. The Morgan fingerprint density at radius 2 is 2.07 bits per heavy atom. The highest BCUT2D eigenvalue weighted by molar-refractivity contribution is 5.93. The Morgan fingerprint density at radius 3 is 2.70 bits per heavy atom. The van der Waals surface area contributed by atoms with Crippen LogP contribution in [0.3, 0.4) is 0 Å². The first-order valence-electron chi connectivity index (χ1n) is 10.0. The zero-order chi connectivity index (χ0) is 19.9. The number of benzene rings is 1. The van der Waals surface area contributed by atoms with Crippen molar-refractivity contribution in [2.45, 2.75) is 47.6 Å². The summed E-state index contributed by atoms with van der Waals surface area (Å²) in [6.07, 6.45) is 3.06. The van der Waals surface area contributed by atoms with Crippen molar-refractivity contribution in [3.8, 4) is 0 Å². The van der Waals surface area contributed by atoms with Gasteiger partial charge >= 0.3 is 0 Å². The van der Waals surface area contributed by atoms with E-state index in [4.69, 9.17) is 5.21 Å². The van der Waals surface area contributed by atoms with Crippen LogP contribution in [-0.4, -0.2) is 29.1 Å². The van der Waals surface area contributed by atoms with E-state index >= 15 is 0 Å². The molecule has 1 heterocycles. The Morgan fingerprint density at radius 1 is 1.37 bits per heavy atom. The van der Waals surface area contributed by atoms with Crippen LogP contribution in [-0.2, 0) is 13.0 Å². The van der Waals surface area contributed by atoms with Crippen LogP contribution in [0.1, 0.15) is 56.1 Å². The summed E-state index contributed by atoms with van der Waals surface area (Å²) in [4.78, 5) is 14.0. The lowest BCUT2D eigenvalue weighted by atomic mass is 9.42. The van der Waals surface area contributed by atoms with Crippen molar-refractivity contribution in [3.05, 3.63) is 46.3 Å². The standard InChI is InChI=1S/C20H25FN2O2.C2H6/c1-11-6-16-12(2)20(3,18(11)16)10-23-5-4-15-14(9-23)7-13(8-17(15)21)19(24)22-25;1-2/h6-8,11-12,18,25H,4-5,9-10H2,1-3H3,(H,22,24);1-2H3. The molecule has 0 saturated heterocycles. The van der Waals surface area contributed by atoms with Crippen LogP contribution in [0.25, 0.3) is 0 Å². The van der Waals surface area contributed by atoms with Crippen LogP contribution in [0.15, 0.2) is 23.8 Å². The molecule has 1 aliphatic heterocycles. The lowest BCUT2D eigenvalue weighted by molar-refractivity contribution is -0.0335. The highest BCUT2D eigenvalue weighted by Crippen LogP contribution is 2.64. The van der Waals surface area contributed by atoms with Gasteiger partial charge in [0.1, 0.15) is 5.82 Å². The molecule has 5 heteroatoms. The maximum absolute atomic E-state index is 14.3. The molecular weight excluding hydrogens is 343 g/mol. The normalized spacial score (nSPS) is 31.2. The molecule has 4 atom stereocenters. The summed E-state index contributed by atoms with van der Waals surface area (Å²) in [6, 6.07) is 2.92. The van der Waals surface area contributed by atoms with Gasteiger partial charge in [-0.05, 0) is 52.8 Å². The van der Waals surface area contributed by atoms with E-state index in [9.17, 15) is 9.18 Å². The number of hydrogen-bond acceptors (Lipinski definition) is 3. The summed E-state index contributed by atoms with van der Waals surface area (Å²) in [5.41, 5.74) is 5.21. The first-order chi connectivity index (χ1) is 12.8. The van der Waals surface area contributed by atoms with E-state index in [0.29, 0.717) is 36.3 Å². The molecule has 27 heavy (non-hydrogen) atoms. The van der Waals surface area contributed by atoms with Crippen molar-refractivity contribution >= 4 is 5.91 Å². The molecule has 1 saturated carbocycles. The van der Waals surface area contributed by atoms with Gasteiger partial charge in [0.25, 0.3) is 5.91 Å². The third-order valence-corrected chi connectivity index (χ3v) is 6.83. The first kappa shape index (κ1) is 20.0. The highest BCUT2D eigenvalue weighted by Gasteiger charge is 2.59. The molecule has 0 aromatic heterocycles. The van der Waals surface area contributed by atoms with Crippen LogP contribution < -0.4 is 5.48 Å². The second-order valence-electron chi connectivity index (χ2n) is 8.23. The number of halogens is 1. The van der Waals surface area contributed by atoms with Gasteiger partial charge in [-0.1, -0.05) is 46.3 Å². The van der Waals surface area contributed by atoms with E-state index in [0.717, 1.165) is 18.7 Å². The number of rotatable bonds is 3. The lowest BCUT2D eigenvalue weighted by Crippen LogP contribution is -2.60. The number of allylic oxidation sites excluding steroid dienone is 2. The molecular formula is C22H31FN2O2. The van der Waals surface area contributed by atoms with E-state index in [2.05, 4.69) is 31.7 Å². The van der Waals surface area contributed by atoms with Crippen molar-refractivity contribution in [1.82, 2.24) is 10.4 Å². The fourth-order valence-corrected chi connectivity index (χ4v) is 5.39. The van der Waals surface area contributed by atoms with Crippen molar-refractivity contribution in [1.29, 1.82) is 0 Å². The molecule has 1 aromatic rings. The van der Waals surface area contributed by atoms with Crippen LogP contribution in [0.5, 0.6) is 0 Å². The second-order valence-corrected chi connectivity index (χ2v) is 8.23. The molecule has 3 aliphatic rings. The Labute approximate surface area is 161 Å². The van der Waals surface area contributed by atoms with Gasteiger partial charge in [-0.25, -0.2) is 9.87 Å². The number of nitrogens with one attached hydrogen (secondary N) is 1. The molecule has 148 valence electrons. The van der Waals surface area contributed by atoms with Gasteiger partial charge in [-0.15, -0.1) is 0 Å². The molecule has 4 unspecified atom stereocenters. The number of hydrogen-bond donors (Lipinski definition) is 2. The Balaban J connectivity index is 0.00000102. The predicted octanol–water partition coefficient (Wildman–Crippen LogP) is 4.18. The van der Waals surface area contributed by atoms with Gasteiger partial charge in [0.15, 0.2) is 0 Å². The summed E-state index contributed by atoms with van der Waals surface area (Å²) >= 11 is 0. The fraction of sp³-hybridized carbons (Fsp3) is 0.591. The van der Waals surface area contributed by atoms with Gasteiger partial charge in [0.2, 0.25) is 0 Å². The molecule has 2 N–H and O–H groups in total. The molecule has 0 bridgehead atoms. The molecule has 2 aliphatic carbocycles. The predicted molar refractivity (Wildman–Crippen MR) is 104 cm³/mol. The van der Waals surface area contributed by atoms with Crippen molar-refractivity contribution < 1.29 is 14.4 Å². The summed E-state index contributed by atoms with van der Waals surface area (Å²) < 4.78 is 14.3. The average molecular weight is 375 g/mol. The number of nitrogens with zero attached hydrogens (tertiary/aromatic N) is 1. The zero-order valence-corrected chi connectivity index (χ0v) is 17.0. The van der Waals surface area contributed by atoms with Crippen LogP contribution >= 0.6 is 0 Å². The second kappa shape index (κ2) is 7.36. The topological polar surface area (TPSA) is 52.6 Å². The number of fused-ring (bicyclic) bond motifs is 2. The van der Waals surface area contributed by atoms with Crippen LogP contribution in [0, 0.1) is 29.0 Å².